The number of nitrogens with zero attached hydrogens (tertiary/aromatic N) is 3. The van der Waals surface area contributed by atoms with E-state index in [1.165, 1.54) is 0 Å². The van der Waals surface area contributed by atoms with Gasteiger partial charge in [0.15, 0.2) is 0 Å². The van der Waals surface area contributed by atoms with Crippen molar-refractivity contribution in [1.29, 1.82) is 0 Å². The van der Waals surface area contributed by atoms with Gasteiger partial charge in [-0.15, -0.1) is 0 Å². The summed E-state index contributed by atoms with van der Waals surface area (Å²) >= 11 is 0. The molecule has 14 heavy (non-hydrogen) atoms. The van der Waals surface area contributed by atoms with Crippen LogP contribution in [0.4, 0.5) is 0 Å². The van der Waals surface area contributed by atoms with Crippen LogP contribution in [0.15, 0.2) is 6.33 Å². The van der Waals surface area contributed by atoms with Gasteiger partial charge in [0.05, 0.1) is 12.0 Å². The first-order valence-corrected chi connectivity index (χ1v) is 4.42. The molecule has 0 aliphatic carbocycles. The topological polar surface area (TPSA) is 58.4 Å². The number of carboxylic acids is 1. The summed E-state index contributed by atoms with van der Waals surface area (Å²) in [6, 6.07) is 0. The molecule has 1 N–H and O–H groups in total. The average Bonchev–Trinajstić information content (AvgIpc) is 2.43. The van der Waals surface area contributed by atoms with Crippen molar-refractivity contribution in [2.24, 2.45) is 0 Å². The number of imidazole rings is 1. The molecular formula is C9H15N3O2. The van der Waals surface area contributed by atoms with Gasteiger partial charge in [-0.2, -0.15) is 0 Å². The zero-order valence-corrected chi connectivity index (χ0v) is 8.69. The first kappa shape index (κ1) is 10.7. The minimum absolute atomic E-state index is 0.284. The molecule has 0 unspecified atom stereocenters. The zero-order chi connectivity index (χ0) is 10.7. The second kappa shape index (κ2) is 4.23. The number of carbonyl (C=O) groups is 1. The summed E-state index contributed by atoms with van der Waals surface area (Å²) in [5.74, 6) is -0.918. The van der Waals surface area contributed by atoms with Gasteiger partial charge >= 0.3 is 5.97 Å². The number of hydrogen-bond donors (Lipinski definition) is 1. The molecule has 5 heteroatoms. The van der Waals surface area contributed by atoms with Crippen molar-refractivity contribution >= 4 is 5.97 Å². The molecule has 0 bridgehead atoms. The third-order valence-electron chi connectivity index (χ3n) is 2.01. The van der Waals surface area contributed by atoms with E-state index in [0.29, 0.717) is 12.2 Å². The fourth-order valence-corrected chi connectivity index (χ4v) is 1.24. The van der Waals surface area contributed by atoms with Gasteiger partial charge in [0, 0.05) is 13.1 Å². The number of carboxylic acid groups (broad SMARTS) is 1. The maximum atomic E-state index is 10.9. The average molecular weight is 197 g/mol. The molecule has 1 heterocycles. The monoisotopic (exact) mass is 197 g/mol. The highest BCUT2D eigenvalue weighted by molar-refractivity contribution is 5.86. The van der Waals surface area contributed by atoms with E-state index in [9.17, 15) is 4.79 Å². The minimum atomic E-state index is -0.918. The van der Waals surface area contributed by atoms with E-state index in [-0.39, 0.29) is 5.69 Å². The first-order valence-electron chi connectivity index (χ1n) is 4.42. The highest BCUT2D eigenvalue weighted by Crippen LogP contribution is 2.06. The summed E-state index contributed by atoms with van der Waals surface area (Å²) in [7, 11) is 3.90. The first-order chi connectivity index (χ1) is 6.52. The van der Waals surface area contributed by atoms with Crippen molar-refractivity contribution in [3.05, 3.63) is 17.7 Å². The van der Waals surface area contributed by atoms with E-state index in [0.717, 1.165) is 6.54 Å². The second-order valence-corrected chi connectivity index (χ2v) is 3.48. The smallest absolute Gasteiger partial charge is 0.354 e. The van der Waals surface area contributed by atoms with Crippen LogP contribution in [0.3, 0.4) is 0 Å². The molecule has 0 aliphatic rings. The van der Waals surface area contributed by atoms with E-state index < -0.39 is 5.97 Å². The van der Waals surface area contributed by atoms with Gasteiger partial charge < -0.3 is 14.6 Å². The van der Waals surface area contributed by atoms with Crippen LogP contribution in [0.1, 0.15) is 16.2 Å². The van der Waals surface area contributed by atoms with Gasteiger partial charge in [-0.25, -0.2) is 9.78 Å². The minimum Gasteiger partial charge on any atom is -0.477 e. The Hall–Kier alpha value is -1.36. The Morgan fingerprint density at radius 1 is 1.64 bits per heavy atom. The number of hydrogen-bond acceptors (Lipinski definition) is 3. The van der Waals surface area contributed by atoms with Crippen LogP contribution in [-0.4, -0.2) is 46.2 Å². The highest BCUT2D eigenvalue weighted by atomic mass is 16.4. The largest absolute Gasteiger partial charge is 0.477 e. The van der Waals surface area contributed by atoms with Crippen LogP contribution in [0.2, 0.25) is 0 Å². The summed E-state index contributed by atoms with van der Waals surface area (Å²) in [6.45, 7) is 3.15. The third-order valence-corrected chi connectivity index (χ3v) is 2.01. The molecule has 0 aliphatic heterocycles. The van der Waals surface area contributed by atoms with Gasteiger partial charge in [-0.1, -0.05) is 0 Å². The second-order valence-electron chi connectivity index (χ2n) is 3.48. The Bertz CT molecular complexity index is 331. The highest BCUT2D eigenvalue weighted by Gasteiger charge is 2.14. The van der Waals surface area contributed by atoms with Crippen LogP contribution in [-0.2, 0) is 6.54 Å². The fraction of sp³-hybridized carbons (Fsp3) is 0.556. The van der Waals surface area contributed by atoms with Crippen molar-refractivity contribution < 1.29 is 9.90 Å². The van der Waals surface area contributed by atoms with Crippen molar-refractivity contribution in [3.8, 4) is 0 Å². The summed E-state index contributed by atoms with van der Waals surface area (Å²) in [4.78, 5) is 16.9. The van der Waals surface area contributed by atoms with Crippen LogP contribution in [0, 0.1) is 6.92 Å². The molecule has 78 valence electrons. The number of aromatic carboxylic acids is 1. The van der Waals surface area contributed by atoms with Crippen LogP contribution in [0.25, 0.3) is 0 Å². The van der Waals surface area contributed by atoms with E-state index in [2.05, 4.69) is 4.98 Å². The summed E-state index contributed by atoms with van der Waals surface area (Å²) in [6.07, 6.45) is 1.57. The Kier molecular flexibility index (Phi) is 3.24. The molecule has 5 nitrogen and oxygen atoms in total. The van der Waals surface area contributed by atoms with E-state index in [1.807, 2.05) is 19.0 Å². The number of aromatic nitrogens is 2. The van der Waals surface area contributed by atoms with Crippen LogP contribution < -0.4 is 0 Å². The molecule has 0 saturated heterocycles. The SMILES string of the molecule is Cc1ncn(CCN(C)C)c1C(=O)O. The summed E-state index contributed by atoms with van der Waals surface area (Å²) in [5, 5.41) is 8.93. The Morgan fingerprint density at radius 3 is 2.79 bits per heavy atom. The Morgan fingerprint density at radius 2 is 2.29 bits per heavy atom. The molecule has 1 rings (SSSR count). The Labute approximate surface area is 83.0 Å². The van der Waals surface area contributed by atoms with E-state index in [1.54, 1.807) is 17.8 Å². The maximum absolute atomic E-state index is 10.9. The lowest BCUT2D eigenvalue weighted by molar-refractivity contribution is 0.0683. The van der Waals surface area contributed by atoms with Gasteiger partial charge in [-0.3, -0.25) is 0 Å². The van der Waals surface area contributed by atoms with Crippen molar-refractivity contribution in [2.45, 2.75) is 13.5 Å². The van der Waals surface area contributed by atoms with Gasteiger partial charge in [0.25, 0.3) is 0 Å². The normalized spacial score (nSPS) is 10.9. The predicted molar refractivity (Wildman–Crippen MR) is 52.5 cm³/mol. The van der Waals surface area contributed by atoms with Gasteiger partial charge in [-0.05, 0) is 21.0 Å². The number of likely N-dealkylation sites (N-methyl/N-ethyl adjacent to an activating group) is 1. The molecule has 0 amide bonds. The van der Waals surface area contributed by atoms with Crippen LogP contribution in [0.5, 0.6) is 0 Å². The molecular weight excluding hydrogens is 182 g/mol. The van der Waals surface area contributed by atoms with Crippen molar-refractivity contribution in [3.63, 3.8) is 0 Å². The molecule has 0 fully saturated rings. The molecule has 0 spiro atoms. The lowest BCUT2D eigenvalue weighted by Crippen LogP contribution is -2.20. The molecule has 0 aromatic carbocycles. The maximum Gasteiger partial charge on any atom is 0.354 e. The fourth-order valence-electron chi connectivity index (χ4n) is 1.24. The molecule has 0 radical (unpaired) electrons. The number of aryl methyl sites for hydroxylation is 1. The lowest BCUT2D eigenvalue weighted by Gasteiger charge is -2.10. The summed E-state index contributed by atoms with van der Waals surface area (Å²) < 4.78 is 1.66. The summed E-state index contributed by atoms with van der Waals surface area (Å²) in [5.41, 5.74) is 0.850. The predicted octanol–water partition coefficient (Wildman–Crippen LogP) is 0.451. The van der Waals surface area contributed by atoms with Crippen molar-refractivity contribution in [1.82, 2.24) is 14.5 Å². The Balaban J connectivity index is 2.81. The molecule has 1 aromatic heterocycles. The number of rotatable bonds is 4. The standard InChI is InChI=1S/C9H15N3O2/c1-7-8(9(13)14)12(6-10-7)5-4-11(2)3/h6H,4-5H2,1-3H3,(H,13,14). The zero-order valence-electron chi connectivity index (χ0n) is 8.69. The molecule has 0 saturated carbocycles. The molecule has 0 atom stereocenters. The molecule has 1 aromatic rings. The lowest BCUT2D eigenvalue weighted by atomic mass is 10.3. The van der Waals surface area contributed by atoms with Crippen molar-refractivity contribution in [2.75, 3.05) is 20.6 Å². The quantitative estimate of drug-likeness (QED) is 0.761. The van der Waals surface area contributed by atoms with E-state index >= 15 is 0 Å². The van der Waals surface area contributed by atoms with Crippen LogP contribution >= 0.6 is 0 Å². The van der Waals surface area contributed by atoms with Gasteiger partial charge in [0.1, 0.15) is 5.69 Å². The van der Waals surface area contributed by atoms with Gasteiger partial charge in [0.2, 0.25) is 0 Å². The van der Waals surface area contributed by atoms with E-state index in [4.69, 9.17) is 5.11 Å². The third kappa shape index (κ3) is 2.32.